The number of hydrogen-bond donors (Lipinski definition) is 0. The molecule has 5 nitrogen and oxygen atoms in total. The van der Waals surface area contributed by atoms with Crippen LogP contribution in [0.2, 0.25) is 5.02 Å². The summed E-state index contributed by atoms with van der Waals surface area (Å²) in [6.07, 6.45) is 0.787. The Morgan fingerprint density at radius 2 is 1.73 bits per heavy atom. The number of esters is 1. The predicted octanol–water partition coefficient (Wildman–Crippen LogP) is 4.33. The summed E-state index contributed by atoms with van der Waals surface area (Å²) in [5.41, 5.74) is 2.28. The lowest BCUT2D eigenvalue weighted by atomic mass is 10.1. The zero-order chi connectivity index (χ0) is 18.7. The lowest BCUT2D eigenvalue weighted by Gasteiger charge is -2.09. The van der Waals surface area contributed by atoms with Crippen LogP contribution in [-0.2, 0) is 9.53 Å². The molecule has 132 valence electrons. The smallest absolute Gasteiger partial charge is 0.342 e. The number of ether oxygens (including phenoxy) is 1. The molecule has 0 aliphatic heterocycles. The number of halogens is 1. The first kappa shape index (κ1) is 17.9. The molecule has 0 aliphatic rings. The van der Waals surface area contributed by atoms with Gasteiger partial charge < -0.3 is 4.74 Å². The van der Waals surface area contributed by atoms with E-state index in [1.54, 1.807) is 42.1 Å². The Labute approximate surface area is 156 Å². The third kappa shape index (κ3) is 3.83. The van der Waals surface area contributed by atoms with E-state index in [9.17, 15) is 9.59 Å². The van der Waals surface area contributed by atoms with E-state index in [4.69, 9.17) is 16.3 Å². The van der Waals surface area contributed by atoms with Gasteiger partial charge >= 0.3 is 5.97 Å². The molecule has 26 heavy (non-hydrogen) atoms. The second-order valence-electron chi connectivity index (χ2n) is 5.84. The van der Waals surface area contributed by atoms with Gasteiger partial charge in [-0.15, -0.1) is 0 Å². The van der Waals surface area contributed by atoms with Crippen molar-refractivity contribution in [3.8, 4) is 16.9 Å². The number of carbonyl (C=O) groups excluding carboxylic acids is 2. The van der Waals surface area contributed by atoms with Crippen LogP contribution in [0.3, 0.4) is 0 Å². The molecule has 6 heteroatoms. The molecule has 0 radical (unpaired) electrons. The highest BCUT2D eigenvalue weighted by atomic mass is 35.5. The minimum atomic E-state index is -0.819. The van der Waals surface area contributed by atoms with Crippen molar-refractivity contribution in [2.75, 3.05) is 0 Å². The lowest BCUT2D eigenvalue weighted by molar-refractivity contribution is -0.124. The fourth-order valence-corrected chi connectivity index (χ4v) is 2.49. The number of para-hydroxylation sites is 1. The molecule has 0 spiro atoms. The summed E-state index contributed by atoms with van der Waals surface area (Å²) in [7, 11) is 0. The van der Waals surface area contributed by atoms with E-state index >= 15 is 0 Å². The molecule has 3 rings (SSSR count). The second-order valence-corrected chi connectivity index (χ2v) is 6.27. The topological polar surface area (TPSA) is 61.2 Å². The fraction of sp³-hybridized carbons (Fsp3) is 0.150. The van der Waals surface area contributed by atoms with Gasteiger partial charge in [0.2, 0.25) is 0 Å². The molecule has 2 aromatic carbocycles. The second kappa shape index (κ2) is 7.54. The van der Waals surface area contributed by atoms with E-state index in [-0.39, 0.29) is 11.3 Å². The van der Waals surface area contributed by atoms with Crippen molar-refractivity contribution in [3.63, 3.8) is 0 Å². The van der Waals surface area contributed by atoms with E-state index in [2.05, 4.69) is 5.10 Å². The van der Waals surface area contributed by atoms with Gasteiger partial charge in [0.15, 0.2) is 11.9 Å². The standard InChI is InChI=1S/C20H17ClN2O3/c1-13(24)14(2)26-20(25)18-12-23(17-6-4-3-5-7-17)22-19(18)15-8-10-16(21)11-9-15/h3-12,14H,1-2H3/t14-/m1/s1. The van der Waals surface area contributed by atoms with Crippen LogP contribution < -0.4 is 0 Å². The Hall–Kier alpha value is -2.92. The Morgan fingerprint density at radius 3 is 2.35 bits per heavy atom. The van der Waals surface area contributed by atoms with Crippen LogP contribution in [0.1, 0.15) is 24.2 Å². The van der Waals surface area contributed by atoms with E-state index in [0.717, 1.165) is 11.3 Å². The minimum Gasteiger partial charge on any atom is -0.451 e. The van der Waals surface area contributed by atoms with Crippen molar-refractivity contribution in [2.45, 2.75) is 20.0 Å². The van der Waals surface area contributed by atoms with Gasteiger partial charge in [-0.3, -0.25) is 4.79 Å². The van der Waals surface area contributed by atoms with Gasteiger partial charge in [0, 0.05) is 16.8 Å². The first-order valence-corrected chi connectivity index (χ1v) is 8.46. The molecular weight excluding hydrogens is 352 g/mol. The summed E-state index contributed by atoms with van der Waals surface area (Å²) in [6.45, 7) is 2.93. The van der Waals surface area contributed by atoms with Crippen molar-refractivity contribution < 1.29 is 14.3 Å². The molecule has 1 aromatic heterocycles. The quantitative estimate of drug-likeness (QED) is 0.629. The highest BCUT2D eigenvalue weighted by Gasteiger charge is 2.23. The zero-order valence-electron chi connectivity index (χ0n) is 14.3. The molecule has 0 fully saturated rings. The predicted molar refractivity (Wildman–Crippen MR) is 99.6 cm³/mol. The molecular formula is C20H17ClN2O3. The molecule has 1 atom stereocenters. The summed E-state index contributed by atoms with van der Waals surface area (Å²) >= 11 is 5.95. The van der Waals surface area contributed by atoms with Gasteiger partial charge in [0.1, 0.15) is 11.3 Å². The summed E-state index contributed by atoms with van der Waals surface area (Å²) in [4.78, 5) is 24.0. The van der Waals surface area contributed by atoms with Crippen LogP contribution in [-0.4, -0.2) is 27.6 Å². The first-order valence-electron chi connectivity index (χ1n) is 8.08. The number of benzene rings is 2. The SMILES string of the molecule is CC(=O)[C@@H](C)OC(=O)c1cn(-c2ccccc2)nc1-c1ccc(Cl)cc1. The van der Waals surface area contributed by atoms with Crippen molar-refractivity contribution in [1.82, 2.24) is 9.78 Å². The summed E-state index contributed by atoms with van der Waals surface area (Å²) in [5, 5.41) is 5.13. The number of carbonyl (C=O) groups is 2. The lowest BCUT2D eigenvalue weighted by Crippen LogP contribution is -2.22. The third-order valence-electron chi connectivity index (χ3n) is 3.93. The molecule has 0 aliphatic carbocycles. The van der Waals surface area contributed by atoms with Crippen molar-refractivity contribution >= 4 is 23.4 Å². The highest BCUT2D eigenvalue weighted by molar-refractivity contribution is 6.30. The van der Waals surface area contributed by atoms with Crippen LogP contribution in [0, 0.1) is 0 Å². The third-order valence-corrected chi connectivity index (χ3v) is 4.18. The van der Waals surface area contributed by atoms with Crippen LogP contribution >= 0.6 is 11.6 Å². The van der Waals surface area contributed by atoms with Crippen molar-refractivity contribution in [2.24, 2.45) is 0 Å². The molecule has 0 amide bonds. The Kier molecular flexibility index (Phi) is 5.19. The van der Waals surface area contributed by atoms with Crippen molar-refractivity contribution in [3.05, 3.63) is 71.4 Å². The van der Waals surface area contributed by atoms with Crippen LogP contribution in [0.5, 0.6) is 0 Å². The largest absolute Gasteiger partial charge is 0.451 e. The highest BCUT2D eigenvalue weighted by Crippen LogP contribution is 2.26. The van der Waals surface area contributed by atoms with Crippen molar-refractivity contribution in [1.29, 1.82) is 0 Å². The Morgan fingerprint density at radius 1 is 1.08 bits per heavy atom. The van der Waals surface area contributed by atoms with E-state index in [0.29, 0.717) is 10.7 Å². The van der Waals surface area contributed by atoms with Gasteiger partial charge in [-0.2, -0.15) is 5.10 Å². The molecule has 0 N–H and O–H groups in total. The van der Waals surface area contributed by atoms with Crippen LogP contribution in [0.15, 0.2) is 60.8 Å². The van der Waals surface area contributed by atoms with Gasteiger partial charge in [-0.05, 0) is 38.1 Å². The first-order chi connectivity index (χ1) is 12.5. The Bertz CT molecular complexity index is 933. The average Bonchev–Trinajstić information content (AvgIpc) is 3.08. The van der Waals surface area contributed by atoms with Gasteiger partial charge in [0.25, 0.3) is 0 Å². The Balaban J connectivity index is 2.05. The molecule has 0 unspecified atom stereocenters. The maximum atomic E-state index is 12.6. The average molecular weight is 369 g/mol. The summed E-state index contributed by atoms with van der Waals surface area (Å²) < 4.78 is 6.88. The number of aromatic nitrogens is 2. The van der Waals surface area contributed by atoms with Crippen LogP contribution in [0.25, 0.3) is 16.9 Å². The van der Waals surface area contributed by atoms with Crippen LogP contribution in [0.4, 0.5) is 0 Å². The number of rotatable bonds is 5. The van der Waals surface area contributed by atoms with Gasteiger partial charge in [-0.25, -0.2) is 9.48 Å². The molecule has 0 saturated carbocycles. The monoisotopic (exact) mass is 368 g/mol. The minimum absolute atomic E-state index is 0.221. The molecule has 1 heterocycles. The molecule has 0 saturated heterocycles. The zero-order valence-corrected chi connectivity index (χ0v) is 15.1. The van der Waals surface area contributed by atoms with E-state index in [1.165, 1.54) is 6.92 Å². The number of Topliss-reactive ketones (excluding diaryl/α,β-unsaturated/α-hetero) is 1. The van der Waals surface area contributed by atoms with Gasteiger partial charge in [0.05, 0.1) is 5.69 Å². The fourth-order valence-electron chi connectivity index (χ4n) is 2.36. The number of nitrogens with zero attached hydrogens (tertiary/aromatic N) is 2. The normalized spacial score (nSPS) is 11.8. The molecule has 3 aromatic rings. The summed E-state index contributed by atoms with van der Waals surface area (Å²) in [6, 6.07) is 16.5. The van der Waals surface area contributed by atoms with E-state index < -0.39 is 12.1 Å². The summed E-state index contributed by atoms with van der Waals surface area (Å²) in [5.74, 6) is -0.818. The molecule has 0 bridgehead atoms. The number of hydrogen-bond acceptors (Lipinski definition) is 4. The number of ketones is 1. The van der Waals surface area contributed by atoms with E-state index in [1.807, 2.05) is 30.3 Å². The maximum Gasteiger partial charge on any atom is 0.342 e. The van der Waals surface area contributed by atoms with Gasteiger partial charge in [-0.1, -0.05) is 41.9 Å². The maximum absolute atomic E-state index is 12.6.